The van der Waals surface area contributed by atoms with Crippen molar-refractivity contribution < 1.29 is 0 Å². The third-order valence-electron chi connectivity index (χ3n) is 4.01. The van der Waals surface area contributed by atoms with Crippen molar-refractivity contribution in [1.29, 1.82) is 5.26 Å². The average Bonchev–Trinajstić information content (AvgIpc) is 2.89. The van der Waals surface area contributed by atoms with E-state index >= 15 is 0 Å². The molecule has 0 spiro atoms. The van der Waals surface area contributed by atoms with Gasteiger partial charge in [-0.15, -0.1) is 6.58 Å². The van der Waals surface area contributed by atoms with E-state index in [9.17, 15) is 10.1 Å². The smallest absolute Gasteiger partial charge is 0.266 e. The van der Waals surface area contributed by atoms with Gasteiger partial charge in [-0.05, 0) is 42.7 Å². The predicted molar refractivity (Wildman–Crippen MR) is 88.1 cm³/mol. The summed E-state index contributed by atoms with van der Waals surface area (Å²) < 4.78 is 0. The zero-order valence-corrected chi connectivity index (χ0v) is 12.5. The molecule has 110 valence electrons. The quantitative estimate of drug-likeness (QED) is 0.885. The van der Waals surface area contributed by atoms with E-state index in [4.69, 9.17) is 0 Å². The first-order chi connectivity index (χ1) is 10.6. The fraction of sp³-hybridized carbons (Fsp3) is 0.222. The number of rotatable bonds is 3. The van der Waals surface area contributed by atoms with Crippen LogP contribution in [0.1, 0.15) is 16.8 Å². The largest absolute Gasteiger partial charge is 0.367 e. The van der Waals surface area contributed by atoms with Crippen LogP contribution in [0.4, 0.5) is 5.69 Å². The van der Waals surface area contributed by atoms with Crippen molar-refractivity contribution in [3.63, 3.8) is 0 Å². The second-order valence-corrected chi connectivity index (χ2v) is 5.51. The van der Waals surface area contributed by atoms with Crippen molar-refractivity contribution in [2.75, 3.05) is 18.0 Å². The van der Waals surface area contributed by atoms with Gasteiger partial charge in [-0.3, -0.25) is 4.79 Å². The van der Waals surface area contributed by atoms with Crippen molar-refractivity contribution in [1.82, 2.24) is 4.98 Å². The van der Waals surface area contributed by atoms with E-state index in [1.165, 1.54) is 11.3 Å². The molecule has 0 atom stereocenters. The first kappa shape index (κ1) is 14.2. The summed E-state index contributed by atoms with van der Waals surface area (Å²) in [6.45, 7) is 7.42. The molecule has 1 N–H and O–H groups in total. The first-order valence-electron chi connectivity index (χ1n) is 7.27. The summed E-state index contributed by atoms with van der Waals surface area (Å²) in [5, 5.41) is 9.27. The monoisotopic (exact) mass is 291 g/mol. The standard InChI is InChI=1S/C18H17N3O/c1-3-7-21-8-6-14-10-13(4-5-17(14)21)15-9-12(2)20-18(22)16(15)11-19/h3-5,9-10H,1,6-8H2,2H3,(H,20,22). The summed E-state index contributed by atoms with van der Waals surface area (Å²) in [6, 6.07) is 10.0. The van der Waals surface area contributed by atoms with Crippen molar-refractivity contribution in [2.45, 2.75) is 13.3 Å². The number of anilines is 1. The number of hydrogen-bond donors (Lipinski definition) is 1. The maximum absolute atomic E-state index is 11.9. The van der Waals surface area contributed by atoms with Gasteiger partial charge in [0, 0.05) is 30.0 Å². The number of pyridine rings is 1. The lowest BCUT2D eigenvalue weighted by atomic mass is 9.98. The van der Waals surface area contributed by atoms with E-state index < -0.39 is 0 Å². The predicted octanol–water partition coefficient (Wildman–Crippen LogP) is 2.77. The van der Waals surface area contributed by atoms with E-state index in [-0.39, 0.29) is 11.1 Å². The van der Waals surface area contributed by atoms with Crippen LogP contribution in [0.2, 0.25) is 0 Å². The maximum Gasteiger partial charge on any atom is 0.266 e. The van der Waals surface area contributed by atoms with Gasteiger partial charge in [0.15, 0.2) is 0 Å². The highest BCUT2D eigenvalue weighted by molar-refractivity contribution is 5.74. The number of nitrogens with zero attached hydrogens (tertiary/aromatic N) is 2. The Kier molecular flexibility index (Phi) is 3.56. The number of hydrogen-bond acceptors (Lipinski definition) is 3. The highest BCUT2D eigenvalue weighted by Crippen LogP contribution is 2.32. The molecule has 0 aliphatic carbocycles. The van der Waals surface area contributed by atoms with Crippen LogP contribution in [0.25, 0.3) is 11.1 Å². The molecule has 0 bridgehead atoms. The number of nitrogens with one attached hydrogen (secondary N) is 1. The maximum atomic E-state index is 11.9. The molecule has 0 saturated carbocycles. The Morgan fingerprint density at radius 2 is 2.27 bits per heavy atom. The van der Waals surface area contributed by atoms with Crippen LogP contribution in [0.15, 0.2) is 41.7 Å². The van der Waals surface area contributed by atoms with Gasteiger partial charge in [0.1, 0.15) is 11.6 Å². The Morgan fingerprint density at radius 3 is 3.00 bits per heavy atom. The second-order valence-electron chi connectivity index (χ2n) is 5.51. The Labute approximate surface area is 129 Å². The molecule has 0 radical (unpaired) electrons. The zero-order valence-electron chi connectivity index (χ0n) is 12.5. The highest BCUT2D eigenvalue weighted by atomic mass is 16.1. The van der Waals surface area contributed by atoms with Crippen LogP contribution in [0, 0.1) is 18.3 Å². The normalized spacial score (nSPS) is 12.8. The molecule has 1 aromatic heterocycles. The Hall–Kier alpha value is -2.80. The van der Waals surface area contributed by atoms with Crippen molar-refractivity contribution in [3.05, 3.63) is 64.1 Å². The van der Waals surface area contributed by atoms with Crippen molar-refractivity contribution in [3.8, 4) is 17.2 Å². The van der Waals surface area contributed by atoms with E-state index in [1.54, 1.807) is 0 Å². The SMILES string of the molecule is C=CCN1CCc2cc(-c3cc(C)[nH]c(=O)c3C#N)ccc21. The lowest BCUT2D eigenvalue weighted by Crippen LogP contribution is -2.19. The molecule has 2 aromatic rings. The molecular weight excluding hydrogens is 274 g/mol. The first-order valence-corrected chi connectivity index (χ1v) is 7.27. The molecular formula is C18H17N3O. The van der Waals surface area contributed by atoms with Gasteiger partial charge in [-0.1, -0.05) is 12.1 Å². The number of nitriles is 1. The third-order valence-corrected chi connectivity index (χ3v) is 4.01. The summed E-state index contributed by atoms with van der Waals surface area (Å²) in [5.74, 6) is 0. The fourth-order valence-corrected chi connectivity index (χ4v) is 3.01. The lowest BCUT2D eigenvalue weighted by Gasteiger charge is -2.17. The van der Waals surface area contributed by atoms with Crippen LogP contribution < -0.4 is 10.5 Å². The van der Waals surface area contributed by atoms with E-state index in [2.05, 4.69) is 28.6 Å². The van der Waals surface area contributed by atoms with Gasteiger partial charge in [0.2, 0.25) is 0 Å². The summed E-state index contributed by atoms with van der Waals surface area (Å²) in [6.07, 6.45) is 2.87. The third kappa shape index (κ3) is 2.31. The summed E-state index contributed by atoms with van der Waals surface area (Å²) in [7, 11) is 0. The van der Waals surface area contributed by atoms with Gasteiger partial charge in [-0.25, -0.2) is 0 Å². The van der Waals surface area contributed by atoms with Gasteiger partial charge >= 0.3 is 0 Å². The number of benzene rings is 1. The zero-order chi connectivity index (χ0) is 15.7. The minimum atomic E-state index is -0.328. The van der Waals surface area contributed by atoms with E-state index in [1.807, 2.05) is 31.2 Å². The minimum absolute atomic E-state index is 0.173. The molecule has 0 unspecified atom stereocenters. The molecule has 2 heterocycles. The average molecular weight is 291 g/mol. The van der Waals surface area contributed by atoms with Crippen LogP contribution in [0.5, 0.6) is 0 Å². The molecule has 1 aliphatic rings. The molecule has 3 rings (SSSR count). The van der Waals surface area contributed by atoms with Gasteiger partial charge < -0.3 is 9.88 Å². The van der Waals surface area contributed by atoms with Gasteiger partial charge in [0.05, 0.1) is 0 Å². The summed E-state index contributed by atoms with van der Waals surface area (Å²) in [5.41, 5.74) is 4.69. The van der Waals surface area contributed by atoms with Gasteiger partial charge in [0.25, 0.3) is 5.56 Å². The number of aromatic amines is 1. The van der Waals surface area contributed by atoms with E-state index in [0.717, 1.165) is 30.8 Å². The lowest BCUT2D eigenvalue weighted by molar-refractivity contribution is 0.905. The Balaban J connectivity index is 2.11. The Morgan fingerprint density at radius 1 is 1.45 bits per heavy atom. The summed E-state index contributed by atoms with van der Waals surface area (Å²) >= 11 is 0. The highest BCUT2D eigenvalue weighted by Gasteiger charge is 2.19. The van der Waals surface area contributed by atoms with Crippen LogP contribution in [-0.4, -0.2) is 18.1 Å². The number of aromatic nitrogens is 1. The number of fused-ring (bicyclic) bond motifs is 1. The number of aryl methyl sites for hydroxylation is 1. The topological polar surface area (TPSA) is 59.9 Å². The molecule has 4 heteroatoms. The van der Waals surface area contributed by atoms with E-state index in [0.29, 0.717) is 5.56 Å². The molecule has 1 aliphatic heterocycles. The summed E-state index contributed by atoms with van der Waals surface area (Å²) in [4.78, 5) is 16.9. The fourth-order valence-electron chi connectivity index (χ4n) is 3.01. The van der Waals surface area contributed by atoms with Crippen LogP contribution in [0.3, 0.4) is 0 Å². The molecule has 4 nitrogen and oxygen atoms in total. The molecule has 22 heavy (non-hydrogen) atoms. The number of H-pyrrole nitrogens is 1. The molecule has 0 saturated heterocycles. The Bertz CT molecular complexity index is 842. The van der Waals surface area contributed by atoms with Crippen molar-refractivity contribution >= 4 is 5.69 Å². The minimum Gasteiger partial charge on any atom is -0.367 e. The molecule has 0 amide bonds. The second kappa shape index (κ2) is 5.53. The van der Waals surface area contributed by atoms with Crippen LogP contribution in [-0.2, 0) is 6.42 Å². The van der Waals surface area contributed by atoms with Crippen LogP contribution >= 0.6 is 0 Å². The van der Waals surface area contributed by atoms with Gasteiger partial charge in [-0.2, -0.15) is 5.26 Å². The molecule has 0 fully saturated rings. The van der Waals surface area contributed by atoms with Crippen molar-refractivity contribution in [2.24, 2.45) is 0 Å². The molecule has 1 aromatic carbocycles.